The van der Waals surface area contributed by atoms with E-state index >= 15 is 0 Å². The molecule has 78 valence electrons. The number of nitrogens with one attached hydrogen (secondary N) is 2. The lowest BCUT2D eigenvalue weighted by Gasteiger charge is -2.06. The molecular weight excluding hydrogens is 196 g/mol. The molecule has 15 heavy (non-hydrogen) atoms. The first-order chi connectivity index (χ1) is 7.25. The number of pyridine rings is 1. The topological polar surface area (TPSA) is 86.6 Å². The molecular formula is C9H10N4O2. The van der Waals surface area contributed by atoms with Crippen LogP contribution in [0.1, 0.15) is 10.4 Å². The average Bonchev–Trinajstić information content (AvgIpc) is 2.71. The van der Waals surface area contributed by atoms with Crippen molar-refractivity contribution in [3.8, 4) is 0 Å². The highest BCUT2D eigenvalue weighted by molar-refractivity contribution is 5.96. The van der Waals surface area contributed by atoms with Crippen LogP contribution in [0.5, 0.6) is 0 Å². The number of hydrogen-bond acceptors (Lipinski definition) is 5. The molecule has 2 heterocycles. The second-order valence-corrected chi connectivity index (χ2v) is 3.05. The molecule has 0 radical (unpaired) electrons. The standard InChI is InChI=1S/C9H10N4O2/c14-8(15)6-3-7(5-10-4-6)13-9-11-1-2-12-9/h3-5H,1-2H2,(H,14,15)(H2,11,12,13). The van der Waals surface area contributed by atoms with Crippen LogP contribution in [0.25, 0.3) is 0 Å². The van der Waals surface area contributed by atoms with Crippen LogP contribution in [0.2, 0.25) is 0 Å². The highest BCUT2D eigenvalue weighted by Crippen LogP contribution is 2.08. The van der Waals surface area contributed by atoms with Gasteiger partial charge in [0, 0.05) is 12.7 Å². The fraction of sp³-hybridized carbons (Fsp3) is 0.222. The number of hydrogen-bond donors (Lipinski definition) is 3. The van der Waals surface area contributed by atoms with Crippen molar-refractivity contribution in [2.75, 3.05) is 18.4 Å². The number of nitrogens with zero attached hydrogens (tertiary/aromatic N) is 2. The van der Waals surface area contributed by atoms with Gasteiger partial charge in [-0.2, -0.15) is 0 Å². The number of guanidine groups is 1. The van der Waals surface area contributed by atoms with Gasteiger partial charge in [0.15, 0.2) is 5.96 Å². The minimum absolute atomic E-state index is 0.151. The normalized spacial score (nSPS) is 14.3. The van der Waals surface area contributed by atoms with Crippen LogP contribution < -0.4 is 10.6 Å². The van der Waals surface area contributed by atoms with E-state index in [9.17, 15) is 4.79 Å². The van der Waals surface area contributed by atoms with E-state index in [2.05, 4.69) is 20.6 Å². The summed E-state index contributed by atoms with van der Waals surface area (Å²) in [5.41, 5.74) is 0.765. The molecule has 0 amide bonds. The molecule has 0 atom stereocenters. The largest absolute Gasteiger partial charge is 0.478 e. The lowest BCUT2D eigenvalue weighted by atomic mass is 10.3. The number of carboxylic acids is 1. The van der Waals surface area contributed by atoms with Gasteiger partial charge >= 0.3 is 5.97 Å². The van der Waals surface area contributed by atoms with Crippen molar-refractivity contribution in [3.05, 3.63) is 24.0 Å². The second-order valence-electron chi connectivity index (χ2n) is 3.05. The molecule has 0 saturated heterocycles. The third-order valence-electron chi connectivity index (χ3n) is 1.92. The number of anilines is 1. The van der Waals surface area contributed by atoms with Crippen molar-refractivity contribution in [1.29, 1.82) is 0 Å². The summed E-state index contributed by atoms with van der Waals surface area (Å²) in [7, 11) is 0. The quantitative estimate of drug-likeness (QED) is 0.641. The lowest BCUT2D eigenvalue weighted by molar-refractivity contribution is 0.0696. The summed E-state index contributed by atoms with van der Waals surface area (Å²) >= 11 is 0. The fourth-order valence-electron chi connectivity index (χ4n) is 1.24. The third kappa shape index (κ3) is 2.22. The lowest BCUT2D eigenvalue weighted by Crippen LogP contribution is -2.26. The molecule has 0 saturated carbocycles. The maximum atomic E-state index is 10.7. The summed E-state index contributed by atoms with van der Waals surface area (Å²) in [6, 6.07) is 1.51. The zero-order chi connectivity index (χ0) is 10.7. The van der Waals surface area contributed by atoms with Gasteiger partial charge in [-0.1, -0.05) is 0 Å². The monoisotopic (exact) mass is 206 g/mol. The minimum atomic E-state index is -0.993. The van der Waals surface area contributed by atoms with Crippen LogP contribution in [-0.4, -0.2) is 35.1 Å². The Morgan fingerprint density at radius 2 is 2.40 bits per heavy atom. The summed E-state index contributed by atoms with van der Waals surface area (Å²) in [4.78, 5) is 18.6. The van der Waals surface area contributed by atoms with Crippen LogP contribution >= 0.6 is 0 Å². The number of carbonyl (C=O) groups is 1. The third-order valence-corrected chi connectivity index (χ3v) is 1.92. The Kier molecular flexibility index (Phi) is 2.49. The molecule has 6 heteroatoms. The predicted octanol–water partition coefficient (Wildman–Crippen LogP) is 0.151. The first-order valence-electron chi connectivity index (χ1n) is 4.49. The first kappa shape index (κ1) is 9.45. The molecule has 1 aromatic heterocycles. The van der Waals surface area contributed by atoms with Gasteiger partial charge in [0.2, 0.25) is 0 Å². The van der Waals surface area contributed by atoms with E-state index in [4.69, 9.17) is 5.11 Å². The van der Waals surface area contributed by atoms with Crippen molar-refractivity contribution < 1.29 is 9.90 Å². The number of carboxylic acid groups (broad SMARTS) is 1. The van der Waals surface area contributed by atoms with E-state index in [1.165, 1.54) is 12.3 Å². The Bertz CT molecular complexity index is 416. The van der Waals surface area contributed by atoms with E-state index in [1.807, 2.05) is 0 Å². The summed E-state index contributed by atoms with van der Waals surface area (Å²) in [5.74, 6) is -0.341. The molecule has 1 aromatic rings. The van der Waals surface area contributed by atoms with E-state index in [0.29, 0.717) is 11.6 Å². The van der Waals surface area contributed by atoms with Gasteiger partial charge in [-0.05, 0) is 6.07 Å². The maximum absolute atomic E-state index is 10.7. The zero-order valence-corrected chi connectivity index (χ0v) is 7.90. The maximum Gasteiger partial charge on any atom is 0.337 e. The van der Waals surface area contributed by atoms with Gasteiger partial charge < -0.3 is 15.7 Å². The second kappa shape index (κ2) is 3.95. The SMILES string of the molecule is O=C(O)c1cncc(NC2=NCCN2)c1. The Morgan fingerprint density at radius 1 is 1.53 bits per heavy atom. The van der Waals surface area contributed by atoms with Crippen LogP contribution in [-0.2, 0) is 0 Å². The van der Waals surface area contributed by atoms with E-state index in [-0.39, 0.29) is 5.56 Å². The molecule has 6 nitrogen and oxygen atoms in total. The van der Waals surface area contributed by atoms with Gasteiger partial charge in [0.05, 0.1) is 24.0 Å². The molecule has 1 aliphatic heterocycles. The smallest absolute Gasteiger partial charge is 0.337 e. The van der Waals surface area contributed by atoms with Crippen LogP contribution in [0.4, 0.5) is 5.69 Å². The Morgan fingerprint density at radius 3 is 3.07 bits per heavy atom. The summed E-state index contributed by atoms with van der Waals surface area (Å²) in [6.07, 6.45) is 2.85. The molecule has 0 aromatic carbocycles. The number of aliphatic imine (C=N–C) groups is 1. The summed E-state index contributed by atoms with van der Waals surface area (Å²) in [5, 5.41) is 14.7. The predicted molar refractivity (Wildman–Crippen MR) is 55.1 cm³/mol. The van der Waals surface area contributed by atoms with Crippen molar-refractivity contribution in [1.82, 2.24) is 10.3 Å². The molecule has 0 unspecified atom stereocenters. The van der Waals surface area contributed by atoms with Crippen LogP contribution in [0.15, 0.2) is 23.5 Å². The van der Waals surface area contributed by atoms with Crippen LogP contribution in [0, 0.1) is 0 Å². The zero-order valence-electron chi connectivity index (χ0n) is 7.90. The summed E-state index contributed by atoms with van der Waals surface area (Å²) in [6.45, 7) is 1.53. The molecule has 3 N–H and O–H groups in total. The highest BCUT2D eigenvalue weighted by Gasteiger charge is 2.07. The molecule has 0 spiro atoms. The summed E-state index contributed by atoms with van der Waals surface area (Å²) < 4.78 is 0. The number of aromatic nitrogens is 1. The van der Waals surface area contributed by atoms with Gasteiger partial charge in [-0.3, -0.25) is 9.98 Å². The number of rotatable bonds is 2. The fourth-order valence-corrected chi connectivity index (χ4v) is 1.24. The van der Waals surface area contributed by atoms with Crippen molar-refractivity contribution >= 4 is 17.6 Å². The molecule has 0 fully saturated rings. The first-order valence-corrected chi connectivity index (χ1v) is 4.49. The molecule has 0 bridgehead atoms. The number of aromatic carboxylic acids is 1. The van der Waals surface area contributed by atoms with E-state index < -0.39 is 5.97 Å². The highest BCUT2D eigenvalue weighted by atomic mass is 16.4. The molecule has 2 rings (SSSR count). The average molecular weight is 206 g/mol. The van der Waals surface area contributed by atoms with Gasteiger partial charge in [-0.25, -0.2) is 4.79 Å². The van der Waals surface area contributed by atoms with Gasteiger partial charge in [0.25, 0.3) is 0 Å². The Labute approximate surface area is 86.1 Å². The molecule has 0 aliphatic carbocycles. The van der Waals surface area contributed by atoms with Gasteiger partial charge in [0.1, 0.15) is 0 Å². The molecule has 1 aliphatic rings. The van der Waals surface area contributed by atoms with Crippen molar-refractivity contribution in [3.63, 3.8) is 0 Å². The van der Waals surface area contributed by atoms with Gasteiger partial charge in [-0.15, -0.1) is 0 Å². The van der Waals surface area contributed by atoms with Crippen molar-refractivity contribution in [2.45, 2.75) is 0 Å². The van der Waals surface area contributed by atoms with E-state index in [0.717, 1.165) is 13.1 Å². The van der Waals surface area contributed by atoms with Crippen LogP contribution in [0.3, 0.4) is 0 Å². The van der Waals surface area contributed by atoms with Crippen molar-refractivity contribution in [2.24, 2.45) is 4.99 Å². The van der Waals surface area contributed by atoms with E-state index in [1.54, 1.807) is 6.20 Å². The Balaban J connectivity index is 2.14. The minimum Gasteiger partial charge on any atom is -0.478 e. The Hall–Kier alpha value is -2.11.